The SMILES string of the molecule is CCC(C)Nc1ccc(C(=O)Nc2ccccc2C(C)C)nn1. The Hall–Kier alpha value is -2.43. The van der Waals surface area contributed by atoms with Gasteiger partial charge in [0, 0.05) is 11.7 Å². The number of nitrogens with zero attached hydrogens (tertiary/aromatic N) is 2. The average Bonchev–Trinajstić information content (AvgIpc) is 2.55. The molecule has 2 N–H and O–H groups in total. The van der Waals surface area contributed by atoms with Crippen LogP contribution in [0.25, 0.3) is 0 Å². The van der Waals surface area contributed by atoms with Crippen molar-refractivity contribution < 1.29 is 4.79 Å². The van der Waals surface area contributed by atoms with Gasteiger partial charge in [0.1, 0.15) is 5.82 Å². The molecule has 1 unspecified atom stereocenters. The van der Waals surface area contributed by atoms with Crippen molar-refractivity contribution in [3.63, 3.8) is 0 Å². The summed E-state index contributed by atoms with van der Waals surface area (Å²) in [5, 5.41) is 14.2. The van der Waals surface area contributed by atoms with Gasteiger partial charge in [-0.15, -0.1) is 10.2 Å². The fraction of sp³-hybridized carbons (Fsp3) is 0.389. The van der Waals surface area contributed by atoms with E-state index in [4.69, 9.17) is 0 Å². The maximum absolute atomic E-state index is 12.3. The zero-order valence-corrected chi connectivity index (χ0v) is 14.1. The molecule has 1 aromatic heterocycles. The van der Waals surface area contributed by atoms with Gasteiger partial charge in [0.25, 0.3) is 5.91 Å². The Balaban J connectivity index is 2.09. The molecule has 1 amide bonds. The van der Waals surface area contributed by atoms with Gasteiger partial charge in [-0.05, 0) is 43.0 Å². The first kappa shape index (κ1) is 16.9. The van der Waals surface area contributed by atoms with Gasteiger partial charge < -0.3 is 10.6 Å². The lowest BCUT2D eigenvalue weighted by molar-refractivity contribution is 0.102. The van der Waals surface area contributed by atoms with Crippen LogP contribution in [0.1, 0.15) is 56.1 Å². The van der Waals surface area contributed by atoms with Crippen LogP contribution in [0.2, 0.25) is 0 Å². The zero-order valence-electron chi connectivity index (χ0n) is 14.1. The highest BCUT2D eigenvalue weighted by Gasteiger charge is 2.12. The van der Waals surface area contributed by atoms with Crippen LogP contribution < -0.4 is 10.6 Å². The maximum atomic E-state index is 12.3. The minimum absolute atomic E-state index is 0.249. The van der Waals surface area contributed by atoms with E-state index in [1.807, 2.05) is 24.3 Å². The summed E-state index contributed by atoms with van der Waals surface area (Å²) in [5.41, 5.74) is 2.22. The molecule has 5 nitrogen and oxygen atoms in total. The second-order valence-electron chi connectivity index (χ2n) is 5.95. The third kappa shape index (κ3) is 4.52. The number of para-hydroxylation sites is 1. The van der Waals surface area contributed by atoms with E-state index in [1.54, 1.807) is 12.1 Å². The fourth-order valence-electron chi connectivity index (χ4n) is 2.19. The van der Waals surface area contributed by atoms with Crippen molar-refractivity contribution in [3.05, 3.63) is 47.7 Å². The molecule has 0 aliphatic heterocycles. The summed E-state index contributed by atoms with van der Waals surface area (Å²) >= 11 is 0. The topological polar surface area (TPSA) is 66.9 Å². The molecule has 1 atom stereocenters. The number of amides is 1. The number of hydrogen-bond acceptors (Lipinski definition) is 4. The van der Waals surface area contributed by atoms with E-state index >= 15 is 0 Å². The lowest BCUT2D eigenvalue weighted by Crippen LogP contribution is -2.18. The first-order chi connectivity index (χ1) is 11.0. The molecule has 0 aliphatic carbocycles. The van der Waals surface area contributed by atoms with E-state index in [9.17, 15) is 4.79 Å². The van der Waals surface area contributed by atoms with Gasteiger partial charge >= 0.3 is 0 Å². The monoisotopic (exact) mass is 312 g/mol. The summed E-state index contributed by atoms with van der Waals surface area (Å²) in [4.78, 5) is 12.3. The number of aromatic nitrogens is 2. The van der Waals surface area contributed by atoms with Crippen LogP contribution in [0.3, 0.4) is 0 Å². The second-order valence-corrected chi connectivity index (χ2v) is 5.95. The number of nitrogens with one attached hydrogen (secondary N) is 2. The Morgan fingerprint density at radius 3 is 2.43 bits per heavy atom. The molecule has 2 aromatic rings. The molecule has 0 fully saturated rings. The molecule has 0 aliphatic rings. The summed E-state index contributed by atoms with van der Waals surface area (Å²) in [6.45, 7) is 8.37. The first-order valence-corrected chi connectivity index (χ1v) is 8.01. The van der Waals surface area contributed by atoms with Gasteiger partial charge in [-0.1, -0.05) is 39.0 Å². The van der Waals surface area contributed by atoms with Gasteiger partial charge in [-0.2, -0.15) is 0 Å². The summed E-state index contributed by atoms with van der Waals surface area (Å²) in [6.07, 6.45) is 0.996. The highest BCUT2D eigenvalue weighted by atomic mass is 16.1. The van der Waals surface area contributed by atoms with Gasteiger partial charge in [0.2, 0.25) is 0 Å². The quantitative estimate of drug-likeness (QED) is 0.844. The Kier molecular flexibility index (Phi) is 5.68. The van der Waals surface area contributed by atoms with E-state index in [0.717, 1.165) is 17.7 Å². The van der Waals surface area contributed by atoms with Crippen LogP contribution in [-0.4, -0.2) is 22.1 Å². The van der Waals surface area contributed by atoms with Crippen molar-refractivity contribution >= 4 is 17.4 Å². The predicted molar refractivity (Wildman–Crippen MR) is 93.9 cm³/mol. The largest absolute Gasteiger partial charge is 0.366 e. The summed E-state index contributed by atoms with van der Waals surface area (Å²) in [7, 11) is 0. The van der Waals surface area contributed by atoms with E-state index in [2.05, 4.69) is 48.5 Å². The van der Waals surface area contributed by atoms with Gasteiger partial charge in [-0.3, -0.25) is 4.79 Å². The lowest BCUT2D eigenvalue weighted by Gasteiger charge is -2.14. The zero-order chi connectivity index (χ0) is 16.8. The molecule has 0 radical (unpaired) electrons. The minimum atomic E-state index is -0.249. The highest BCUT2D eigenvalue weighted by Crippen LogP contribution is 2.24. The molecule has 1 heterocycles. The van der Waals surface area contributed by atoms with Crippen molar-refractivity contribution in [2.75, 3.05) is 10.6 Å². The van der Waals surface area contributed by atoms with Crippen LogP contribution in [0, 0.1) is 0 Å². The van der Waals surface area contributed by atoms with Crippen molar-refractivity contribution in [1.29, 1.82) is 0 Å². The Morgan fingerprint density at radius 2 is 1.83 bits per heavy atom. The van der Waals surface area contributed by atoms with Crippen LogP contribution in [0.4, 0.5) is 11.5 Å². The van der Waals surface area contributed by atoms with Gasteiger partial charge in [-0.25, -0.2) is 0 Å². The van der Waals surface area contributed by atoms with E-state index in [-0.39, 0.29) is 5.91 Å². The number of benzene rings is 1. The van der Waals surface area contributed by atoms with Crippen molar-refractivity contribution in [1.82, 2.24) is 10.2 Å². The number of rotatable bonds is 6. The number of carbonyl (C=O) groups is 1. The number of hydrogen-bond donors (Lipinski definition) is 2. The normalized spacial score (nSPS) is 12.0. The van der Waals surface area contributed by atoms with E-state index in [0.29, 0.717) is 23.5 Å². The van der Waals surface area contributed by atoms with Crippen LogP contribution in [-0.2, 0) is 0 Å². The number of anilines is 2. The Morgan fingerprint density at radius 1 is 1.09 bits per heavy atom. The van der Waals surface area contributed by atoms with E-state index < -0.39 is 0 Å². The van der Waals surface area contributed by atoms with Crippen molar-refractivity contribution in [2.45, 2.75) is 46.1 Å². The van der Waals surface area contributed by atoms with Gasteiger partial charge in [0.05, 0.1) is 0 Å². The molecule has 0 bridgehead atoms. The molecular weight excluding hydrogens is 288 g/mol. The van der Waals surface area contributed by atoms with E-state index in [1.165, 1.54) is 0 Å². The van der Waals surface area contributed by atoms with Gasteiger partial charge in [0.15, 0.2) is 5.69 Å². The van der Waals surface area contributed by atoms with Crippen molar-refractivity contribution in [3.8, 4) is 0 Å². The molecule has 0 saturated heterocycles. The summed E-state index contributed by atoms with van der Waals surface area (Å²) in [5.74, 6) is 0.763. The van der Waals surface area contributed by atoms with Crippen molar-refractivity contribution in [2.24, 2.45) is 0 Å². The molecule has 0 saturated carbocycles. The third-order valence-corrected chi connectivity index (χ3v) is 3.73. The highest BCUT2D eigenvalue weighted by molar-refractivity contribution is 6.03. The third-order valence-electron chi connectivity index (χ3n) is 3.73. The Bertz CT molecular complexity index is 652. The smallest absolute Gasteiger partial charge is 0.276 e. The van der Waals surface area contributed by atoms with Crippen LogP contribution in [0.15, 0.2) is 36.4 Å². The maximum Gasteiger partial charge on any atom is 0.276 e. The van der Waals surface area contributed by atoms with Crippen LogP contribution >= 0.6 is 0 Å². The molecule has 122 valence electrons. The molecular formula is C18H24N4O. The molecule has 1 aromatic carbocycles. The standard InChI is InChI=1S/C18H24N4O/c1-5-13(4)19-17-11-10-16(21-22-17)18(23)20-15-9-7-6-8-14(15)12(2)3/h6-13H,5H2,1-4H3,(H,19,22)(H,20,23). The lowest BCUT2D eigenvalue weighted by atomic mass is 10.0. The molecule has 5 heteroatoms. The predicted octanol–water partition coefficient (Wildman–Crippen LogP) is 4.06. The minimum Gasteiger partial charge on any atom is -0.366 e. The average molecular weight is 312 g/mol. The first-order valence-electron chi connectivity index (χ1n) is 8.01. The molecule has 0 spiro atoms. The Labute approximate surface area is 137 Å². The molecule has 2 rings (SSSR count). The number of carbonyl (C=O) groups excluding carboxylic acids is 1. The van der Waals surface area contributed by atoms with Crippen LogP contribution in [0.5, 0.6) is 0 Å². The second kappa shape index (κ2) is 7.72. The summed E-state index contributed by atoms with van der Waals surface area (Å²) in [6, 6.07) is 11.6. The fourth-order valence-corrected chi connectivity index (χ4v) is 2.19. The molecule has 23 heavy (non-hydrogen) atoms. The summed E-state index contributed by atoms with van der Waals surface area (Å²) < 4.78 is 0.